The Balaban J connectivity index is 1.29. The van der Waals surface area contributed by atoms with Crippen molar-refractivity contribution < 1.29 is 42.5 Å². The van der Waals surface area contributed by atoms with Crippen LogP contribution < -0.4 is 0 Å². The van der Waals surface area contributed by atoms with Crippen molar-refractivity contribution in [2.75, 3.05) is 6.61 Å². The van der Waals surface area contributed by atoms with Crippen LogP contribution >= 0.6 is 11.8 Å². The maximum Gasteiger partial charge on any atom is 0.319 e. The van der Waals surface area contributed by atoms with Gasteiger partial charge in [-0.25, -0.2) is 8.78 Å². The number of rotatable bonds is 5. The molecule has 38 heavy (non-hydrogen) atoms. The van der Waals surface area contributed by atoms with Crippen molar-refractivity contribution in [2.45, 2.75) is 88.6 Å². The molecule has 0 radical (unpaired) electrons. The van der Waals surface area contributed by atoms with E-state index in [2.05, 4.69) is 0 Å². The Morgan fingerprint density at radius 2 is 1.92 bits per heavy atom. The lowest BCUT2D eigenvalue weighted by molar-refractivity contribution is -0.176. The highest BCUT2D eigenvalue weighted by molar-refractivity contribution is 8.14. The van der Waals surface area contributed by atoms with Gasteiger partial charge in [0.25, 0.3) is 0 Å². The summed E-state index contributed by atoms with van der Waals surface area (Å²) < 4.78 is 43.1. The highest BCUT2D eigenvalue weighted by Crippen LogP contribution is 2.68. The largest absolute Gasteiger partial charge is 0.465 e. The number of aliphatic hydroxyl groups excluding tert-OH is 1. The molecule has 0 aromatic heterocycles. The topological polar surface area (TPSA) is 107 Å². The fourth-order valence-electron chi connectivity index (χ4n) is 7.60. The van der Waals surface area contributed by atoms with Gasteiger partial charge in [-0.05, 0) is 69.6 Å². The summed E-state index contributed by atoms with van der Waals surface area (Å²) in [7, 11) is 0. The van der Waals surface area contributed by atoms with Crippen molar-refractivity contribution >= 4 is 34.6 Å². The molecule has 5 aliphatic rings. The quantitative estimate of drug-likeness (QED) is 0.513. The van der Waals surface area contributed by atoms with E-state index in [1.165, 1.54) is 25.2 Å². The number of thioether (sulfide) groups is 1. The number of fused-ring (bicyclic) bond motifs is 5. The van der Waals surface area contributed by atoms with Crippen LogP contribution in [0.1, 0.15) is 59.3 Å². The van der Waals surface area contributed by atoms with Gasteiger partial charge in [0.1, 0.15) is 29.3 Å². The molecule has 10 atom stereocenters. The van der Waals surface area contributed by atoms with Crippen LogP contribution in [0.4, 0.5) is 8.78 Å². The lowest BCUT2D eigenvalue weighted by Crippen LogP contribution is -2.62. The van der Waals surface area contributed by atoms with Crippen molar-refractivity contribution in [3.63, 3.8) is 0 Å². The van der Waals surface area contributed by atoms with Crippen molar-refractivity contribution in [3.8, 4) is 0 Å². The van der Waals surface area contributed by atoms with Crippen LogP contribution in [-0.2, 0) is 28.7 Å². The summed E-state index contributed by atoms with van der Waals surface area (Å²) in [5, 5.41) is 9.11. The predicted octanol–water partition coefficient (Wildman–Crippen LogP) is 3.82. The molecule has 5 rings (SSSR count). The van der Waals surface area contributed by atoms with E-state index in [9.17, 15) is 24.3 Å². The Morgan fingerprint density at radius 3 is 2.61 bits per heavy atom. The van der Waals surface area contributed by atoms with Gasteiger partial charge in [-0.15, -0.1) is 0 Å². The predicted molar refractivity (Wildman–Crippen MR) is 134 cm³/mol. The molecule has 0 aromatic carbocycles. The molecule has 1 saturated heterocycles. The number of halogens is 2. The lowest BCUT2D eigenvalue weighted by atomic mass is 9.46. The Morgan fingerprint density at radius 1 is 1.18 bits per heavy atom. The highest BCUT2D eigenvalue weighted by atomic mass is 32.2. The van der Waals surface area contributed by atoms with E-state index in [1.807, 2.05) is 6.92 Å². The fraction of sp³-hybridized carbons (Fsp3) is 0.714. The third-order valence-corrected chi connectivity index (χ3v) is 11.2. The van der Waals surface area contributed by atoms with Gasteiger partial charge in [-0.1, -0.05) is 24.8 Å². The van der Waals surface area contributed by atoms with E-state index in [0.29, 0.717) is 37.4 Å². The average Bonchev–Trinajstić information content (AvgIpc) is 3.43. The minimum Gasteiger partial charge on any atom is -0.465 e. The molecule has 1 aliphatic heterocycles. The van der Waals surface area contributed by atoms with Crippen LogP contribution in [-0.4, -0.2) is 63.8 Å². The number of allylic oxidation sites excluding steroid dienone is 4. The smallest absolute Gasteiger partial charge is 0.319 e. The number of carbonyl (C=O) groups excluding carboxylic acids is 4. The molecule has 1 N–H and O–H groups in total. The first-order valence-corrected chi connectivity index (χ1v) is 14.2. The third-order valence-electron chi connectivity index (χ3n) is 10.1. The van der Waals surface area contributed by atoms with E-state index in [-0.39, 0.29) is 36.7 Å². The Hall–Kier alpha value is -2.07. The molecule has 1 heterocycles. The van der Waals surface area contributed by atoms with Crippen LogP contribution in [0.2, 0.25) is 0 Å². The maximum absolute atomic E-state index is 17.0. The minimum absolute atomic E-state index is 0.0234. The van der Waals surface area contributed by atoms with Gasteiger partial charge in [-0.2, -0.15) is 0 Å². The number of esters is 2. The van der Waals surface area contributed by atoms with Crippen LogP contribution in [0, 0.1) is 28.6 Å². The van der Waals surface area contributed by atoms with Crippen LogP contribution in [0.5, 0.6) is 0 Å². The monoisotopic (exact) mass is 552 g/mol. The van der Waals surface area contributed by atoms with E-state index < -0.39 is 69.0 Å². The summed E-state index contributed by atoms with van der Waals surface area (Å²) in [6.07, 6.45) is 2.41. The molecule has 2 unspecified atom stereocenters. The van der Waals surface area contributed by atoms with Crippen molar-refractivity contribution in [2.24, 2.45) is 28.6 Å². The number of carbonyl (C=O) groups is 4. The minimum atomic E-state index is -1.73. The van der Waals surface area contributed by atoms with Gasteiger partial charge in [0.2, 0.25) is 5.12 Å². The van der Waals surface area contributed by atoms with Gasteiger partial charge in [-0.3, -0.25) is 19.2 Å². The molecule has 4 aliphatic carbocycles. The average molecular weight is 553 g/mol. The van der Waals surface area contributed by atoms with Gasteiger partial charge in [0, 0.05) is 23.2 Å². The van der Waals surface area contributed by atoms with Gasteiger partial charge < -0.3 is 14.6 Å². The molecule has 0 bridgehead atoms. The standard InChI is InChI=1S/C28H34F2O7S/c1-14(22(32)25(35)38-20-7-11-36-24(20)34)23(33)37-21-5-4-16-17-13-19(29)18-12-15(31)6-8-27(18,3)28(17,30)10-9-26(16,21)2/h6,8,12,14,16-17,19-22,32H,4-5,7,9-11,13H2,1-3H3/t14?,16-,17-,19-,20-,21+,22?,26-,27-,28+/m0/s1. The van der Waals surface area contributed by atoms with E-state index >= 15 is 8.78 Å². The van der Waals surface area contributed by atoms with E-state index in [1.54, 1.807) is 6.92 Å². The summed E-state index contributed by atoms with van der Waals surface area (Å²) in [5.41, 5.74) is -3.30. The first-order valence-electron chi connectivity index (χ1n) is 13.4. The number of ketones is 1. The fourth-order valence-corrected chi connectivity index (χ4v) is 8.60. The number of aliphatic hydroxyl groups is 1. The zero-order chi connectivity index (χ0) is 27.6. The summed E-state index contributed by atoms with van der Waals surface area (Å²) in [6, 6.07) is 0. The normalized spacial score (nSPS) is 43.3. The lowest BCUT2D eigenvalue weighted by Gasteiger charge is -2.60. The second kappa shape index (κ2) is 9.54. The SMILES string of the molecule is CC(C(=O)O[C@@H]1CC[C@H]2[C@@H]3C[C@H](F)C4=CC(=O)C=C[C@]4(C)[C@@]3(F)CC[C@]12C)C(O)C(=O)S[C@H]1CCOC1=O. The number of alkyl halides is 2. The molecule has 7 nitrogen and oxygen atoms in total. The number of hydrogen-bond donors (Lipinski definition) is 1. The second-order valence-corrected chi connectivity index (χ2v) is 13.1. The van der Waals surface area contributed by atoms with E-state index in [4.69, 9.17) is 9.47 Å². The summed E-state index contributed by atoms with van der Waals surface area (Å²) >= 11 is 0.671. The number of hydrogen-bond acceptors (Lipinski definition) is 8. The Bertz CT molecular complexity index is 1120. The van der Waals surface area contributed by atoms with Crippen LogP contribution in [0.15, 0.2) is 23.8 Å². The molecule has 0 amide bonds. The molecular weight excluding hydrogens is 518 g/mol. The van der Waals surface area contributed by atoms with Gasteiger partial charge in [0.15, 0.2) is 5.78 Å². The second-order valence-electron chi connectivity index (χ2n) is 11.9. The van der Waals surface area contributed by atoms with Gasteiger partial charge >= 0.3 is 11.9 Å². The highest BCUT2D eigenvalue weighted by Gasteiger charge is 2.69. The summed E-state index contributed by atoms with van der Waals surface area (Å²) in [4.78, 5) is 49.1. The summed E-state index contributed by atoms with van der Waals surface area (Å²) in [5.74, 6) is -3.56. The van der Waals surface area contributed by atoms with Gasteiger partial charge in [0.05, 0.1) is 12.5 Å². The zero-order valence-electron chi connectivity index (χ0n) is 21.8. The zero-order valence-corrected chi connectivity index (χ0v) is 22.6. The molecule has 0 spiro atoms. The van der Waals surface area contributed by atoms with Crippen LogP contribution in [0.3, 0.4) is 0 Å². The first-order chi connectivity index (χ1) is 17.8. The number of cyclic esters (lactones) is 1. The molecule has 208 valence electrons. The molecule has 0 aromatic rings. The van der Waals surface area contributed by atoms with E-state index in [0.717, 1.165) is 0 Å². The molecule has 3 saturated carbocycles. The van der Waals surface area contributed by atoms with Crippen molar-refractivity contribution in [1.82, 2.24) is 0 Å². The first kappa shape index (κ1) is 27.5. The molecule has 10 heteroatoms. The molecule has 4 fully saturated rings. The molecular formula is C28H34F2O7S. The van der Waals surface area contributed by atoms with Crippen molar-refractivity contribution in [1.29, 1.82) is 0 Å². The Kier molecular flexibility index (Phi) is 6.90. The van der Waals surface area contributed by atoms with Crippen molar-refractivity contribution in [3.05, 3.63) is 23.8 Å². The third kappa shape index (κ3) is 4.08. The maximum atomic E-state index is 17.0. The number of ether oxygens (including phenoxy) is 2. The summed E-state index contributed by atoms with van der Waals surface area (Å²) in [6.45, 7) is 5.26. The Labute approximate surface area is 224 Å². The van der Waals surface area contributed by atoms with Crippen LogP contribution in [0.25, 0.3) is 0 Å².